The fourth-order valence-corrected chi connectivity index (χ4v) is 2.79. The molecule has 0 amide bonds. The Labute approximate surface area is 111 Å². The van der Waals surface area contributed by atoms with E-state index in [0.717, 1.165) is 10.4 Å². The molecule has 16 heavy (non-hydrogen) atoms. The molecule has 0 fully saturated rings. The van der Waals surface area contributed by atoms with Crippen LogP contribution in [0, 0.1) is 6.92 Å². The van der Waals surface area contributed by atoms with Gasteiger partial charge in [0, 0.05) is 0 Å². The van der Waals surface area contributed by atoms with Crippen LogP contribution in [0.2, 0.25) is 0 Å². The number of hydrogen-bond acceptors (Lipinski definition) is 3. The minimum absolute atomic E-state index is 0.240. The molecular formula is C9H13Br2N3O2. The molecular weight excluding hydrogens is 342 g/mol. The van der Waals surface area contributed by atoms with Crippen molar-refractivity contribution in [1.29, 1.82) is 0 Å². The Balaban J connectivity index is 3.12. The average molecular weight is 355 g/mol. The van der Waals surface area contributed by atoms with Gasteiger partial charge in [0.25, 0.3) is 0 Å². The van der Waals surface area contributed by atoms with E-state index in [2.05, 4.69) is 42.2 Å². The third-order valence-electron chi connectivity index (χ3n) is 2.46. The summed E-state index contributed by atoms with van der Waals surface area (Å²) in [6.07, 6.45) is 0. The zero-order valence-electron chi connectivity index (χ0n) is 9.16. The Morgan fingerprint density at radius 2 is 2.12 bits per heavy atom. The fourth-order valence-electron chi connectivity index (χ4n) is 1.68. The van der Waals surface area contributed by atoms with E-state index >= 15 is 0 Å². The molecule has 0 aromatic carbocycles. The quantitative estimate of drug-likeness (QED) is 0.867. The van der Waals surface area contributed by atoms with E-state index < -0.39 is 12.0 Å². The SMILES string of the molecule is CNC(C(=O)O)C(C)n1c(C)nc(Br)c1Br. The molecule has 2 N–H and O–H groups in total. The lowest BCUT2D eigenvalue weighted by Gasteiger charge is -2.22. The maximum atomic E-state index is 11.1. The number of likely N-dealkylation sites (N-methyl/N-ethyl adjacent to an activating group) is 1. The molecule has 0 aliphatic heterocycles. The summed E-state index contributed by atoms with van der Waals surface area (Å²) >= 11 is 6.68. The lowest BCUT2D eigenvalue weighted by molar-refractivity contribution is -0.140. The maximum Gasteiger partial charge on any atom is 0.322 e. The smallest absolute Gasteiger partial charge is 0.322 e. The van der Waals surface area contributed by atoms with Crippen LogP contribution in [-0.2, 0) is 4.79 Å². The molecule has 1 rings (SSSR count). The lowest BCUT2D eigenvalue weighted by atomic mass is 10.1. The highest BCUT2D eigenvalue weighted by molar-refractivity contribution is 9.13. The minimum atomic E-state index is -0.883. The normalized spacial score (nSPS) is 14.8. The van der Waals surface area contributed by atoms with E-state index in [9.17, 15) is 4.79 Å². The number of carboxylic acid groups (broad SMARTS) is 1. The molecule has 1 aromatic heterocycles. The third-order valence-corrected chi connectivity index (χ3v) is 4.30. The van der Waals surface area contributed by atoms with Crippen molar-refractivity contribution < 1.29 is 9.90 Å². The Hall–Kier alpha value is -0.400. The van der Waals surface area contributed by atoms with Crippen molar-refractivity contribution in [2.45, 2.75) is 25.9 Å². The molecule has 90 valence electrons. The number of carboxylic acids is 1. The number of nitrogens with zero attached hydrogens (tertiary/aromatic N) is 2. The summed E-state index contributed by atoms with van der Waals surface area (Å²) in [5.41, 5.74) is 0. The monoisotopic (exact) mass is 353 g/mol. The van der Waals surface area contributed by atoms with Crippen LogP contribution in [0.25, 0.3) is 0 Å². The van der Waals surface area contributed by atoms with E-state index in [0.29, 0.717) is 4.60 Å². The molecule has 5 nitrogen and oxygen atoms in total. The Kier molecular flexibility index (Phi) is 4.52. The number of aliphatic carboxylic acids is 1. The predicted molar refractivity (Wildman–Crippen MR) is 67.6 cm³/mol. The summed E-state index contributed by atoms with van der Waals surface area (Å²) in [5.74, 6) is -0.126. The van der Waals surface area contributed by atoms with E-state index in [-0.39, 0.29) is 6.04 Å². The van der Waals surface area contributed by atoms with Gasteiger partial charge in [0.1, 0.15) is 21.1 Å². The number of rotatable bonds is 4. The van der Waals surface area contributed by atoms with Crippen molar-refractivity contribution in [1.82, 2.24) is 14.9 Å². The molecule has 2 atom stereocenters. The minimum Gasteiger partial charge on any atom is -0.480 e. The third kappa shape index (κ3) is 2.46. The second-order valence-corrected chi connectivity index (χ2v) is 4.96. The molecule has 2 unspecified atom stereocenters. The van der Waals surface area contributed by atoms with Gasteiger partial charge in [-0.25, -0.2) is 4.98 Å². The molecule has 0 aliphatic rings. The van der Waals surface area contributed by atoms with Crippen LogP contribution >= 0.6 is 31.9 Å². The zero-order valence-corrected chi connectivity index (χ0v) is 12.3. The highest BCUT2D eigenvalue weighted by atomic mass is 79.9. The molecule has 1 aromatic rings. The van der Waals surface area contributed by atoms with E-state index in [4.69, 9.17) is 5.11 Å². The summed E-state index contributed by atoms with van der Waals surface area (Å²) in [7, 11) is 1.63. The van der Waals surface area contributed by atoms with Gasteiger partial charge < -0.3 is 15.0 Å². The van der Waals surface area contributed by atoms with Gasteiger partial charge in [-0.2, -0.15) is 0 Å². The fraction of sp³-hybridized carbons (Fsp3) is 0.556. The first-order valence-electron chi connectivity index (χ1n) is 4.70. The topological polar surface area (TPSA) is 67.2 Å². The first-order valence-corrected chi connectivity index (χ1v) is 6.28. The van der Waals surface area contributed by atoms with Crippen LogP contribution in [0.1, 0.15) is 18.8 Å². The summed E-state index contributed by atoms with van der Waals surface area (Å²) < 4.78 is 3.26. The highest BCUT2D eigenvalue weighted by Gasteiger charge is 2.27. The van der Waals surface area contributed by atoms with Gasteiger partial charge >= 0.3 is 5.97 Å². The van der Waals surface area contributed by atoms with Crippen LogP contribution in [0.15, 0.2) is 9.21 Å². The van der Waals surface area contributed by atoms with Crippen molar-refractivity contribution in [3.63, 3.8) is 0 Å². The van der Waals surface area contributed by atoms with Crippen molar-refractivity contribution in [2.24, 2.45) is 0 Å². The Morgan fingerprint density at radius 3 is 2.44 bits per heavy atom. The number of aromatic nitrogens is 2. The van der Waals surface area contributed by atoms with E-state index in [1.165, 1.54) is 0 Å². The predicted octanol–water partition coefficient (Wildman–Crippen LogP) is 1.95. The first kappa shape index (κ1) is 13.7. The molecule has 0 spiro atoms. The highest BCUT2D eigenvalue weighted by Crippen LogP contribution is 2.28. The van der Waals surface area contributed by atoms with Gasteiger partial charge in [-0.1, -0.05) is 0 Å². The second-order valence-electron chi connectivity index (χ2n) is 3.46. The first-order chi connectivity index (χ1) is 7.40. The van der Waals surface area contributed by atoms with Gasteiger partial charge in [0.05, 0.1) is 6.04 Å². The molecule has 7 heteroatoms. The van der Waals surface area contributed by atoms with Gasteiger partial charge in [-0.05, 0) is 52.8 Å². The number of nitrogens with one attached hydrogen (secondary N) is 1. The van der Waals surface area contributed by atoms with Crippen LogP contribution in [0.4, 0.5) is 0 Å². The van der Waals surface area contributed by atoms with Gasteiger partial charge in [0.2, 0.25) is 0 Å². The molecule has 0 aliphatic carbocycles. The zero-order chi connectivity index (χ0) is 12.5. The standard InChI is InChI=1S/C9H13Br2N3O2/c1-4(6(12-3)9(15)16)14-5(2)13-7(10)8(14)11/h4,6,12H,1-3H3,(H,15,16). The van der Waals surface area contributed by atoms with E-state index in [1.54, 1.807) is 7.05 Å². The Bertz CT molecular complexity index is 406. The van der Waals surface area contributed by atoms with Crippen molar-refractivity contribution >= 4 is 37.8 Å². The van der Waals surface area contributed by atoms with Crippen molar-refractivity contribution in [2.75, 3.05) is 7.05 Å². The summed E-state index contributed by atoms with van der Waals surface area (Å²) in [6.45, 7) is 3.67. The average Bonchev–Trinajstić information content (AvgIpc) is 2.41. The number of aryl methyl sites for hydroxylation is 1. The summed E-state index contributed by atoms with van der Waals surface area (Å²) in [4.78, 5) is 15.3. The summed E-state index contributed by atoms with van der Waals surface area (Å²) in [5, 5.41) is 11.8. The van der Waals surface area contributed by atoms with Gasteiger partial charge in [-0.15, -0.1) is 0 Å². The molecule has 0 radical (unpaired) electrons. The molecule has 0 bridgehead atoms. The van der Waals surface area contributed by atoms with Crippen LogP contribution in [-0.4, -0.2) is 33.7 Å². The van der Waals surface area contributed by atoms with Crippen molar-refractivity contribution in [3.05, 3.63) is 15.0 Å². The van der Waals surface area contributed by atoms with Gasteiger partial charge in [0.15, 0.2) is 0 Å². The van der Waals surface area contributed by atoms with Gasteiger partial charge in [-0.3, -0.25) is 4.79 Å². The van der Waals surface area contributed by atoms with Crippen LogP contribution in [0.3, 0.4) is 0 Å². The number of imidazole rings is 1. The number of halogens is 2. The molecule has 0 saturated carbocycles. The number of hydrogen-bond donors (Lipinski definition) is 2. The van der Waals surface area contributed by atoms with E-state index in [1.807, 2.05) is 18.4 Å². The van der Waals surface area contributed by atoms with Crippen LogP contribution < -0.4 is 5.32 Å². The summed E-state index contributed by atoms with van der Waals surface area (Å²) in [6, 6.07) is -0.897. The molecule has 0 saturated heterocycles. The van der Waals surface area contributed by atoms with Crippen LogP contribution in [0.5, 0.6) is 0 Å². The Morgan fingerprint density at radius 1 is 1.56 bits per heavy atom. The second kappa shape index (κ2) is 5.29. The molecule has 1 heterocycles. The lowest BCUT2D eigenvalue weighted by Crippen LogP contribution is -2.41. The largest absolute Gasteiger partial charge is 0.480 e. The number of carbonyl (C=O) groups is 1. The maximum absolute atomic E-state index is 11.1. The van der Waals surface area contributed by atoms with Crippen molar-refractivity contribution in [3.8, 4) is 0 Å².